The molecule has 3 aliphatic rings. The highest BCUT2D eigenvalue weighted by Gasteiger charge is 2.67. The molecular formula is C18H25BrO4. The van der Waals surface area contributed by atoms with Crippen molar-refractivity contribution in [2.24, 2.45) is 28.6 Å². The van der Waals surface area contributed by atoms with Crippen molar-refractivity contribution in [2.45, 2.75) is 56.9 Å². The van der Waals surface area contributed by atoms with Gasteiger partial charge >= 0.3 is 5.97 Å². The smallest absolute Gasteiger partial charge is 0.303 e. The molecule has 0 radical (unpaired) electrons. The van der Waals surface area contributed by atoms with Crippen molar-refractivity contribution in [3.63, 3.8) is 0 Å². The standard InChI is InChI=1S/C18H25BrO4/c1-10-14(19)11-8-18(9-17(11,3)23)7-4-12(20)16(2,15(10)18)6-5-13(21)22/h4,7,10-11,14-15,23H,5-6,8-9H2,1-3H3,(H,21,22)/t10?,11?,14-,15?,16-,17?,18?/m1/s1. The van der Waals surface area contributed by atoms with E-state index in [9.17, 15) is 14.7 Å². The summed E-state index contributed by atoms with van der Waals surface area (Å²) in [4.78, 5) is 23.9. The number of fused-ring (bicyclic) bond motifs is 1. The third kappa shape index (κ3) is 2.34. The van der Waals surface area contributed by atoms with Crippen molar-refractivity contribution in [1.82, 2.24) is 0 Å². The summed E-state index contributed by atoms with van der Waals surface area (Å²) in [6, 6.07) is 0. The molecule has 2 saturated carbocycles. The molecule has 3 aliphatic carbocycles. The number of carbonyl (C=O) groups excluding carboxylic acids is 1. The van der Waals surface area contributed by atoms with Crippen molar-refractivity contribution < 1.29 is 19.8 Å². The number of carbonyl (C=O) groups is 2. The Labute approximate surface area is 145 Å². The van der Waals surface area contributed by atoms with Crippen molar-refractivity contribution in [3.05, 3.63) is 12.2 Å². The molecule has 0 amide bonds. The van der Waals surface area contributed by atoms with Crippen molar-refractivity contribution in [2.75, 3.05) is 0 Å². The Morgan fingerprint density at radius 3 is 2.70 bits per heavy atom. The minimum atomic E-state index is -0.863. The largest absolute Gasteiger partial charge is 0.481 e. The number of allylic oxidation sites excluding steroid dienone is 2. The molecule has 0 aliphatic heterocycles. The molecule has 0 aromatic rings. The number of rotatable bonds is 3. The lowest BCUT2D eigenvalue weighted by Crippen LogP contribution is -2.54. The van der Waals surface area contributed by atoms with Gasteiger partial charge in [0.25, 0.3) is 0 Å². The molecule has 5 heteroatoms. The zero-order valence-electron chi connectivity index (χ0n) is 13.9. The molecule has 23 heavy (non-hydrogen) atoms. The Balaban J connectivity index is 2.07. The second-order valence-electron chi connectivity index (χ2n) is 8.37. The summed E-state index contributed by atoms with van der Waals surface area (Å²) in [6.07, 6.45) is 5.53. The van der Waals surface area contributed by atoms with Crippen LogP contribution in [0.15, 0.2) is 12.2 Å². The van der Waals surface area contributed by atoms with Crippen LogP contribution in [0, 0.1) is 28.6 Å². The molecule has 1 spiro atoms. The van der Waals surface area contributed by atoms with Crippen LogP contribution in [-0.2, 0) is 9.59 Å². The van der Waals surface area contributed by atoms with Gasteiger partial charge in [-0.3, -0.25) is 9.59 Å². The van der Waals surface area contributed by atoms with E-state index in [-0.39, 0.29) is 40.2 Å². The second-order valence-corrected chi connectivity index (χ2v) is 9.43. The molecule has 128 valence electrons. The van der Waals surface area contributed by atoms with Crippen molar-refractivity contribution in [3.8, 4) is 0 Å². The highest BCUT2D eigenvalue weighted by Crippen LogP contribution is 2.68. The first-order valence-electron chi connectivity index (χ1n) is 8.35. The fourth-order valence-electron chi connectivity index (χ4n) is 5.94. The molecule has 0 heterocycles. The van der Waals surface area contributed by atoms with E-state index in [1.807, 2.05) is 19.9 Å². The predicted octanol–water partition coefficient (Wildman–Crippen LogP) is 3.17. The van der Waals surface area contributed by atoms with E-state index < -0.39 is 17.0 Å². The summed E-state index contributed by atoms with van der Waals surface area (Å²) < 4.78 is 0. The Bertz CT molecular complexity index is 584. The van der Waals surface area contributed by atoms with Gasteiger partial charge in [0.1, 0.15) is 0 Å². The van der Waals surface area contributed by atoms with Crippen LogP contribution in [0.1, 0.15) is 46.5 Å². The molecule has 0 aromatic carbocycles. The second kappa shape index (κ2) is 5.16. The highest BCUT2D eigenvalue weighted by atomic mass is 79.9. The zero-order chi connectivity index (χ0) is 17.2. The monoisotopic (exact) mass is 384 g/mol. The molecule has 2 N–H and O–H groups in total. The number of hydrogen-bond acceptors (Lipinski definition) is 3. The molecule has 0 aromatic heterocycles. The fraction of sp³-hybridized carbons (Fsp3) is 0.778. The number of hydrogen-bond donors (Lipinski definition) is 2. The number of aliphatic hydroxyl groups is 1. The van der Waals surface area contributed by atoms with E-state index in [0.717, 1.165) is 6.42 Å². The SMILES string of the molecule is CC1C2C3(C=CC(=O)[C@@]2(C)CCC(=O)O)CC([C@@H]1Br)C(C)(O)C3. The summed E-state index contributed by atoms with van der Waals surface area (Å²) >= 11 is 3.78. The molecule has 4 nitrogen and oxygen atoms in total. The fourth-order valence-corrected chi connectivity index (χ4v) is 7.00. The summed E-state index contributed by atoms with van der Waals surface area (Å²) in [7, 11) is 0. The van der Waals surface area contributed by atoms with E-state index in [0.29, 0.717) is 12.8 Å². The summed E-state index contributed by atoms with van der Waals surface area (Å²) in [5.74, 6) is -0.407. The number of alkyl halides is 1. The number of halogens is 1. The van der Waals surface area contributed by atoms with Gasteiger partial charge < -0.3 is 10.2 Å². The van der Waals surface area contributed by atoms with Crippen LogP contribution in [0.4, 0.5) is 0 Å². The van der Waals surface area contributed by atoms with Gasteiger partial charge in [0, 0.05) is 22.6 Å². The van der Waals surface area contributed by atoms with Crippen LogP contribution in [0.5, 0.6) is 0 Å². The molecule has 5 unspecified atom stereocenters. The van der Waals surface area contributed by atoms with Crippen LogP contribution in [0.2, 0.25) is 0 Å². The number of aliphatic carboxylic acids is 1. The van der Waals surface area contributed by atoms with Gasteiger partial charge in [-0.05, 0) is 49.5 Å². The van der Waals surface area contributed by atoms with Crippen LogP contribution in [0.3, 0.4) is 0 Å². The Kier molecular flexibility index (Phi) is 3.85. The van der Waals surface area contributed by atoms with E-state index in [2.05, 4.69) is 22.9 Å². The van der Waals surface area contributed by atoms with Gasteiger partial charge in [-0.25, -0.2) is 0 Å². The lowest BCUT2D eigenvalue weighted by Gasteiger charge is -2.55. The topological polar surface area (TPSA) is 74.6 Å². The minimum absolute atomic E-state index is 0.00214. The molecular weight excluding hydrogens is 360 g/mol. The Morgan fingerprint density at radius 2 is 2.09 bits per heavy atom. The average Bonchev–Trinajstić information content (AvgIpc) is 2.68. The lowest BCUT2D eigenvalue weighted by molar-refractivity contribution is -0.141. The predicted molar refractivity (Wildman–Crippen MR) is 90.3 cm³/mol. The van der Waals surface area contributed by atoms with Gasteiger partial charge in [0.05, 0.1) is 5.60 Å². The molecule has 2 bridgehead atoms. The summed E-state index contributed by atoms with van der Waals surface area (Å²) in [5.41, 5.74) is -1.63. The summed E-state index contributed by atoms with van der Waals surface area (Å²) in [5, 5.41) is 20.0. The molecule has 3 rings (SSSR count). The molecule has 2 fully saturated rings. The van der Waals surface area contributed by atoms with Gasteiger partial charge in [0.2, 0.25) is 0 Å². The van der Waals surface area contributed by atoms with Gasteiger partial charge in [-0.2, -0.15) is 0 Å². The third-order valence-corrected chi connectivity index (χ3v) is 8.26. The normalized spacial score (nSPS) is 51.6. The van der Waals surface area contributed by atoms with Crippen molar-refractivity contribution >= 4 is 27.7 Å². The van der Waals surface area contributed by atoms with Gasteiger partial charge in [-0.15, -0.1) is 0 Å². The van der Waals surface area contributed by atoms with Crippen LogP contribution < -0.4 is 0 Å². The highest BCUT2D eigenvalue weighted by molar-refractivity contribution is 9.09. The third-order valence-electron chi connectivity index (χ3n) is 6.79. The first-order valence-corrected chi connectivity index (χ1v) is 9.27. The van der Waals surface area contributed by atoms with Gasteiger partial charge in [-0.1, -0.05) is 35.9 Å². The maximum absolute atomic E-state index is 12.7. The van der Waals surface area contributed by atoms with Crippen LogP contribution in [-0.4, -0.2) is 32.4 Å². The average molecular weight is 385 g/mol. The van der Waals surface area contributed by atoms with E-state index in [1.54, 1.807) is 6.08 Å². The first kappa shape index (κ1) is 17.2. The number of carboxylic acids is 1. The van der Waals surface area contributed by atoms with E-state index >= 15 is 0 Å². The van der Waals surface area contributed by atoms with Crippen LogP contribution in [0.25, 0.3) is 0 Å². The number of ketones is 1. The Hall–Kier alpha value is -0.680. The molecule has 0 saturated heterocycles. The van der Waals surface area contributed by atoms with Crippen LogP contribution >= 0.6 is 15.9 Å². The zero-order valence-corrected chi connectivity index (χ0v) is 15.5. The van der Waals surface area contributed by atoms with E-state index in [4.69, 9.17) is 5.11 Å². The first-order chi connectivity index (χ1) is 10.5. The van der Waals surface area contributed by atoms with E-state index in [1.165, 1.54) is 0 Å². The quantitative estimate of drug-likeness (QED) is 0.732. The maximum atomic E-state index is 12.7. The van der Waals surface area contributed by atoms with Crippen molar-refractivity contribution in [1.29, 1.82) is 0 Å². The maximum Gasteiger partial charge on any atom is 0.303 e. The molecule has 7 atom stereocenters. The van der Waals surface area contributed by atoms with Gasteiger partial charge in [0.15, 0.2) is 5.78 Å². The Morgan fingerprint density at radius 1 is 1.43 bits per heavy atom. The summed E-state index contributed by atoms with van der Waals surface area (Å²) in [6.45, 7) is 5.96. The lowest BCUT2D eigenvalue weighted by atomic mass is 9.49. The number of carboxylic acid groups (broad SMARTS) is 1. The minimum Gasteiger partial charge on any atom is -0.481 e.